The summed E-state index contributed by atoms with van der Waals surface area (Å²) in [4.78, 5) is 2.73. The zero-order valence-electron chi connectivity index (χ0n) is 17.3. The topological polar surface area (TPSA) is 58.6 Å². The molecule has 2 heterocycles. The average molecular weight is 423 g/mol. The maximum absolute atomic E-state index is 13.3. The summed E-state index contributed by atoms with van der Waals surface area (Å²) < 4.78 is 35.0. The third-order valence-electron chi connectivity index (χ3n) is 6.08. The summed E-state index contributed by atoms with van der Waals surface area (Å²) in [5.74, 6) is 0. The van der Waals surface area contributed by atoms with Crippen molar-refractivity contribution in [2.24, 2.45) is 0 Å². The lowest BCUT2D eigenvalue weighted by Crippen LogP contribution is -2.43. The first-order valence-corrected chi connectivity index (χ1v) is 12.1. The number of benzene rings is 1. The maximum atomic E-state index is 13.3. The molecule has 0 aliphatic carbocycles. The maximum Gasteiger partial charge on any atom is 0.241 e. The molecular formula is C21H30N2O3S2. The molecule has 28 heavy (non-hydrogen) atoms. The van der Waals surface area contributed by atoms with Crippen molar-refractivity contribution in [1.29, 1.82) is 0 Å². The number of nitrogens with one attached hydrogen (secondary N) is 1. The highest BCUT2D eigenvalue weighted by Gasteiger charge is 2.28. The molecule has 1 atom stereocenters. The van der Waals surface area contributed by atoms with Gasteiger partial charge in [-0.2, -0.15) is 11.3 Å². The Kier molecular flexibility index (Phi) is 6.61. The van der Waals surface area contributed by atoms with E-state index >= 15 is 0 Å². The smallest absolute Gasteiger partial charge is 0.241 e. The first kappa shape index (κ1) is 21.5. The zero-order chi connectivity index (χ0) is 20.5. The zero-order valence-corrected chi connectivity index (χ0v) is 19.0. The molecule has 0 bridgehead atoms. The van der Waals surface area contributed by atoms with Gasteiger partial charge in [0, 0.05) is 25.7 Å². The lowest BCUT2D eigenvalue weighted by atomic mass is 9.95. The van der Waals surface area contributed by atoms with Gasteiger partial charge in [0.15, 0.2) is 0 Å². The minimum atomic E-state index is -3.61. The van der Waals surface area contributed by atoms with E-state index in [-0.39, 0.29) is 6.04 Å². The lowest BCUT2D eigenvalue weighted by molar-refractivity contribution is 0.0173. The van der Waals surface area contributed by atoms with E-state index in [1.54, 1.807) is 11.3 Å². The highest BCUT2D eigenvalue weighted by atomic mass is 32.2. The van der Waals surface area contributed by atoms with Gasteiger partial charge in [-0.15, -0.1) is 0 Å². The van der Waals surface area contributed by atoms with Gasteiger partial charge in [0.2, 0.25) is 10.0 Å². The van der Waals surface area contributed by atoms with Gasteiger partial charge in [-0.1, -0.05) is 0 Å². The summed E-state index contributed by atoms with van der Waals surface area (Å²) in [7, 11) is -3.61. The molecular weight excluding hydrogens is 392 g/mol. The molecule has 154 valence electrons. The molecule has 1 aliphatic heterocycles. The summed E-state index contributed by atoms with van der Waals surface area (Å²) in [6.45, 7) is 13.2. The molecule has 2 aromatic rings. The first-order chi connectivity index (χ1) is 13.2. The Morgan fingerprint density at radius 3 is 2.14 bits per heavy atom. The highest BCUT2D eigenvalue weighted by Crippen LogP contribution is 2.30. The van der Waals surface area contributed by atoms with Crippen LogP contribution in [0.2, 0.25) is 0 Å². The number of ether oxygens (including phenoxy) is 1. The van der Waals surface area contributed by atoms with E-state index in [1.807, 2.05) is 33.1 Å². The standard InChI is InChI=1S/C21H30N2O3S2/c1-14-15(2)17(4)21(18(5)16(14)3)28(24,25)22-12-20(19-6-11-27-13-19)23-7-9-26-10-8-23/h6,11,13,20,22H,7-10,12H2,1-5H3. The van der Waals surface area contributed by atoms with Gasteiger partial charge in [0.1, 0.15) is 0 Å². The van der Waals surface area contributed by atoms with Crippen LogP contribution in [0.25, 0.3) is 0 Å². The van der Waals surface area contributed by atoms with Crippen LogP contribution in [0.5, 0.6) is 0 Å². The Bertz CT molecular complexity index is 902. The number of hydrogen-bond acceptors (Lipinski definition) is 5. The highest BCUT2D eigenvalue weighted by molar-refractivity contribution is 7.89. The predicted molar refractivity (Wildman–Crippen MR) is 115 cm³/mol. The van der Waals surface area contributed by atoms with Crippen molar-refractivity contribution in [2.45, 2.75) is 45.6 Å². The molecule has 1 aromatic heterocycles. The Labute approximate surface area is 172 Å². The van der Waals surface area contributed by atoms with Crippen LogP contribution in [-0.4, -0.2) is 46.2 Å². The first-order valence-electron chi connectivity index (χ1n) is 9.64. The SMILES string of the molecule is Cc1c(C)c(C)c(S(=O)(=O)NCC(c2ccsc2)N2CCOCC2)c(C)c1C. The third kappa shape index (κ3) is 4.19. The summed E-state index contributed by atoms with van der Waals surface area (Å²) >= 11 is 1.64. The van der Waals surface area contributed by atoms with Crippen molar-refractivity contribution in [3.05, 3.63) is 50.2 Å². The van der Waals surface area contributed by atoms with E-state index < -0.39 is 10.0 Å². The van der Waals surface area contributed by atoms with Crippen molar-refractivity contribution in [3.63, 3.8) is 0 Å². The van der Waals surface area contributed by atoms with Crippen molar-refractivity contribution in [1.82, 2.24) is 9.62 Å². The molecule has 0 radical (unpaired) electrons. The molecule has 0 saturated carbocycles. The fourth-order valence-electron chi connectivity index (χ4n) is 3.94. The minimum absolute atomic E-state index is 0.0122. The number of morpholine rings is 1. The van der Waals surface area contributed by atoms with Gasteiger partial charge in [-0.05, 0) is 84.8 Å². The summed E-state index contributed by atoms with van der Waals surface area (Å²) in [5, 5.41) is 4.14. The summed E-state index contributed by atoms with van der Waals surface area (Å²) in [5.41, 5.74) is 6.09. The Hall–Kier alpha value is -1.25. The molecule has 1 saturated heterocycles. The van der Waals surface area contributed by atoms with Gasteiger partial charge >= 0.3 is 0 Å². The van der Waals surface area contributed by atoms with E-state index in [0.29, 0.717) is 24.7 Å². The minimum Gasteiger partial charge on any atom is -0.379 e. The van der Waals surface area contributed by atoms with Crippen LogP contribution in [0.1, 0.15) is 39.4 Å². The molecule has 1 aliphatic rings. The molecule has 0 spiro atoms. The number of sulfonamides is 1. The van der Waals surface area contributed by atoms with Gasteiger partial charge in [-0.25, -0.2) is 13.1 Å². The molecule has 0 amide bonds. The van der Waals surface area contributed by atoms with E-state index in [1.165, 1.54) is 5.56 Å². The number of nitrogens with zero attached hydrogens (tertiary/aromatic N) is 1. The molecule has 1 aromatic carbocycles. The van der Waals surface area contributed by atoms with Crippen molar-refractivity contribution in [2.75, 3.05) is 32.8 Å². The van der Waals surface area contributed by atoms with Crippen LogP contribution in [0, 0.1) is 34.6 Å². The quantitative estimate of drug-likeness (QED) is 0.772. The second-order valence-electron chi connectivity index (χ2n) is 7.53. The number of thiophene rings is 1. The van der Waals surface area contributed by atoms with Crippen molar-refractivity contribution < 1.29 is 13.2 Å². The lowest BCUT2D eigenvalue weighted by Gasteiger charge is -2.34. The Morgan fingerprint density at radius 2 is 1.61 bits per heavy atom. The van der Waals surface area contributed by atoms with Crippen LogP contribution >= 0.6 is 11.3 Å². The second-order valence-corrected chi connectivity index (χ2v) is 10.0. The molecule has 3 rings (SSSR count). The van der Waals surface area contributed by atoms with Gasteiger partial charge in [0.05, 0.1) is 18.1 Å². The second kappa shape index (κ2) is 8.63. The molecule has 1 fully saturated rings. The number of rotatable bonds is 6. The van der Waals surface area contributed by atoms with Gasteiger partial charge in [-0.3, -0.25) is 4.90 Å². The van der Waals surface area contributed by atoms with E-state index in [0.717, 1.165) is 40.9 Å². The predicted octanol–water partition coefficient (Wildman–Crippen LogP) is 3.64. The monoisotopic (exact) mass is 422 g/mol. The Morgan fingerprint density at radius 1 is 1.04 bits per heavy atom. The van der Waals surface area contributed by atoms with E-state index in [4.69, 9.17) is 4.74 Å². The fourth-order valence-corrected chi connectivity index (χ4v) is 6.28. The van der Waals surface area contributed by atoms with Gasteiger partial charge < -0.3 is 4.74 Å². The van der Waals surface area contributed by atoms with E-state index in [9.17, 15) is 8.42 Å². The van der Waals surface area contributed by atoms with Crippen LogP contribution in [0.3, 0.4) is 0 Å². The van der Waals surface area contributed by atoms with Gasteiger partial charge in [0.25, 0.3) is 0 Å². The van der Waals surface area contributed by atoms with E-state index in [2.05, 4.69) is 28.0 Å². The normalized spacial score (nSPS) is 17.0. The van der Waals surface area contributed by atoms with Crippen LogP contribution in [0.15, 0.2) is 21.7 Å². The summed E-state index contributed by atoms with van der Waals surface area (Å²) in [6.07, 6.45) is 0. The van der Waals surface area contributed by atoms with Crippen LogP contribution in [-0.2, 0) is 14.8 Å². The molecule has 1 N–H and O–H groups in total. The third-order valence-corrected chi connectivity index (χ3v) is 8.48. The largest absolute Gasteiger partial charge is 0.379 e. The molecule has 1 unspecified atom stereocenters. The molecule has 7 heteroatoms. The van der Waals surface area contributed by atoms with Crippen LogP contribution in [0.4, 0.5) is 0 Å². The average Bonchev–Trinajstić information content (AvgIpc) is 3.20. The Balaban J connectivity index is 1.89. The summed E-state index contributed by atoms with van der Waals surface area (Å²) in [6, 6.07) is 2.09. The van der Waals surface area contributed by atoms with Crippen molar-refractivity contribution in [3.8, 4) is 0 Å². The number of hydrogen-bond donors (Lipinski definition) is 1. The molecule has 5 nitrogen and oxygen atoms in total. The fraction of sp³-hybridized carbons (Fsp3) is 0.524. The van der Waals surface area contributed by atoms with Crippen molar-refractivity contribution >= 4 is 21.4 Å². The van der Waals surface area contributed by atoms with Crippen LogP contribution < -0.4 is 4.72 Å².